The van der Waals surface area contributed by atoms with Crippen LogP contribution in [0.25, 0.3) is 0 Å². The second-order valence-electron chi connectivity index (χ2n) is 2.61. The molecule has 12 heavy (non-hydrogen) atoms. The van der Waals surface area contributed by atoms with Crippen LogP contribution in [0.2, 0.25) is 0 Å². The number of piperazine rings is 1. The number of carbonyl (C=O) groups is 2. The maximum Gasteiger partial charge on any atom is 0.195 e. The first-order chi connectivity index (χ1) is 5.64. The third-order valence-corrected chi connectivity index (χ3v) is 1.45. The SMILES string of the molecule is C1CNCCN1.CC(=O)C(C)=O. The zero-order valence-corrected chi connectivity index (χ0v) is 7.64. The molecule has 2 N–H and O–H groups in total. The summed E-state index contributed by atoms with van der Waals surface area (Å²) in [5.74, 6) is -0.759. The Kier molecular flexibility index (Phi) is 6.51. The van der Waals surface area contributed by atoms with Crippen molar-refractivity contribution < 1.29 is 9.59 Å². The second-order valence-corrected chi connectivity index (χ2v) is 2.61. The second kappa shape index (κ2) is 6.94. The molecule has 4 nitrogen and oxygen atoms in total. The van der Waals surface area contributed by atoms with Gasteiger partial charge in [-0.15, -0.1) is 0 Å². The molecule has 1 saturated heterocycles. The quantitative estimate of drug-likeness (QED) is 0.516. The maximum atomic E-state index is 9.79. The minimum Gasteiger partial charge on any atom is -0.314 e. The maximum absolute atomic E-state index is 9.79. The average molecular weight is 172 g/mol. The molecular formula is C8H16N2O2. The van der Waals surface area contributed by atoms with E-state index in [2.05, 4.69) is 10.6 Å². The smallest absolute Gasteiger partial charge is 0.195 e. The first-order valence-electron chi connectivity index (χ1n) is 4.07. The fraction of sp³-hybridized carbons (Fsp3) is 0.750. The van der Waals surface area contributed by atoms with Gasteiger partial charge in [-0.1, -0.05) is 0 Å². The van der Waals surface area contributed by atoms with Crippen LogP contribution in [0.5, 0.6) is 0 Å². The minimum atomic E-state index is -0.380. The highest BCUT2D eigenvalue weighted by atomic mass is 16.2. The van der Waals surface area contributed by atoms with E-state index in [-0.39, 0.29) is 11.6 Å². The van der Waals surface area contributed by atoms with Crippen LogP contribution < -0.4 is 10.6 Å². The van der Waals surface area contributed by atoms with Crippen molar-refractivity contribution in [1.82, 2.24) is 10.6 Å². The predicted molar refractivity (Wildman–Crippen MR) is 47.1 cm³/mol. The summed E-state index contributed by atoms with van der Waals surface area (Å²) in [6.45, 7) is 7.06. The number of rotatable bonds is 1. The van der Waals surface area contributed by atoms with Gasteiger partial charge in [-0.2, -0.15) is 0 Å². The van der Waals surface area contributed by atoms with E-state index in [9.17, 15) is 9.59 Å². The first kappa shape index (κ1) is 11.3. The molecule has 0 aromatic rings. The first-order valence-corrected chi connectivity index (χ1v) is 4.07. The normalized spacial score (nSPS) is 15.8. The van der Waals surface area contributed by atoms with Gasteiger partial charge in [0, 0.05) is 40.0 Å². The molecule has 1 aliphatic heterocycles. The number of hydrogen-bond donors (Lipinski definition) is 2. The zero-order valence-electron chi connectivity index (χ0n) is 7.64. The number of hydrogen-bond acceptors (Lipinski definition) is 4. The molecule has 4 heteroatoms. The van der Waals surface area contributed by atoms with E-state index in [1.165, 1.54) is 13.8 Å². The summed E-state index contributed by atoms with van der Waals surface area (Å²) in [6.07, 6.45) is 0. The van der Waals surface area contributed by atoms with E-state index in [1.807, 2.05) is 0 Å². The molecule has 1 rings (SSSR count). The van der Waals surface area contributed by atoms with Gasteiger partial charge >= 0.3 is 0 Å². The molecule has 70 valence electrons. The van der Waals surface area contributed by atoms with Crippen molar-refractivity contribution in [3.8, 4) is 0 Å². The van der Waals surface area contributed by atoms with Gasteiger partial charge < -0.3 is 10.6 Å². The number of Topliss-reactive ketones (excluding diaryl/α,β-unsaturated/α-hetero) is 2. The monoisotopic (exact) mass is 172 g/mol. The minimum absolute atomic E-state index is 0.380. The van der Waals surface area contributed by atoms with Crippen molar-refractivity contribution in [3.05, 3.63) is 0 Å². The van der Waals surface area contributed by atoms with Crippen LogP contribution >= 0.6 is 0 Å². The molecule has 1 aliphatic rings. The standard InChI is InChI=1S/C4H10N2.C4H6O2/c1-2-6-4-3-5-1;1-3(5)4(2)6/h5-6H,1-4H2;1-2H3. The third-order valence-electron chi connectivity index (χ3n) is 1.45. The third kappa shape index (κ3) is 7.37. The molecular weight excluding hydrogens is 156 g/mol. The molecule has 1 fully saturated rings. The lowest BCUT2D eigenvalue weighted by atomic mass is 10.3. The van der Waals surface area contributed by atoms with Crippen molar-refractivity contribution >= 4 is 11.6 Å². The summed E-state index contributed by atoms with van der Waals surface area (Å²) in [5, 5.41) is 6.44. The van der Waals surface area contributed by atoms with Crippen LogP contribution in [0.3, 0.4) is 0 Å². The van der Waals surface area contributed by atoms with Gasteiger partial charge in [0.05, 0.1) is 0 Å². The van der Waals surface area contributed by atoms with Crippen molar-refractivity contribution in [2.75, 3.05) is 26.2 Å². The largest absolute Gasteiger partial charge is 0.314 e. The molecule has 0 aliphatic carbocycles. The van der Waals surface area contributed by atoms with E-state index >= 15 is 0 Å². The summed E-state index contributed by atoms with van der Waals surface area (Å²) >= 11 is 0. The van der Waals surface area contributed by atoms with Gasteiger partial charge in [0.1, 0.15) is 0 Å². The Balaban J connectivity index is 0.000000202. The van der Waals surface area contributed by atoms with Crippen LogP contribution in [0, 0.1) is 0 Å². The van der Waals surface area contributed by atoms with Crippen LogP contribution in [0.1, 0.15) is 13.8 Å². The summed E-state index contributed by atoms with van der Waals surface area (Å²) < 4.78 is 0. The molecule has 0 saturated carbocycles. The molecule has 0 amide bonds. The summed E-state index contributed by atoms with van der Waals surface area (Å²) in [7, 11) is 0. The highest BCUT2D eigenvalue weighted by Crippen LogP contribution is 1.66. The van der Waals surface area contributed by atoms with E-state index in [0.717, 1.165) is 26.2 Å². The average Bonchev–Trinajstić information content (AvgIpc) is 2.08. The lowest BCUT2D eigenvalue weighted by Crippen LogP contribution is -2.39. The topological polar surface area (TPSA) is 58.2 Å². The molecule has 1 heterocycles. The Morgan fingerprint density at radius 2 is 1.08 bits per heavy atom. The van der Waals surface area contributed by atoms with E-state index in [1.54, 1.807) is 0 Å². The Hall–Kier alpha value is -0.740. The van der Waals surface area contributed by atoms with E-state index < -0.39 is 0 Å². The molecule has 0 atom stereocenters. The zero-order chi connectivity index (χ0) is 9.40. The van der Waals surface area contributed by atoms with Gasteiger partial charge in [-0.3, -0.25) is 9.59 Å². The Labute approximate surface area is 72.7 Å². The molecule has 0 radical (unpaired) electrons. The molecule has 0 bridgehead atoms. The van der Waals surface area contributed by atoms with Gasteiger partial charge in [0.15, 0.2) is 11.6 Å². The number of nitrogens with one attached hydrogen (secondary N) is 2. The lowest BCUT2D eigenvalue weighted by molar-refractivity contribution is -0.134. The van der Waals surface area contributed by atoms with Gasteiger partial charge in [0.2, 0.25) is 0 Å². The van der Waals surface area contributed by atoms with Crippen LogP contribution in [0.15, 0.2) is 0 Å². The van der Waals surface area contributed by atoms with Gasteiger partial charge in [-0.25, -0.2) is 0 Å². The summed E-state index contributed by atoms with van der Waals surface area (Å²) in [6, 6.07) is 0. The fourth-order valence-electron chi connectivity index (χ4n) is 0.604. The van der Waals surface area contributed by atoms with Crippen LogP contribution in [-0.4, -0.2) is 37.7 Å². The molecule has 0 unspecified atom stereocenters. The highest BCUT2D eigenvalue weighted by molar-refractivity contribution is 6.35. The van der Waals surface area contributed by atoms with Crippen LogP contribution in [0.4, 0.5) is 0 Å². The summed E-state index contributed by atoms with van der Waals surface area (Å²) in [4.78, 5) is 19.6. The molecule has 0 aromatic heterocycles. The summed E-state index contributed by atoms with van der Waals surface area (Å²) in [5.41, 5.74) is 0. The Morgan fingerprint density at radius 1 is 0.833 bits per heavy atom. The van der Waals surface area contributed by atoms with Gasteiger partial charge in [0.25, 0.3) is 0 Å². The number of ketones is 2. The van der Waals surface area contributed by atoms with Crippen molar-refractivity contribution in [1.29, 1.82) is 0 Å². The van der Waals surface area contributed by atoms with Crippen molar-refractivity contribution in [3.63, 3.8) is 0 Å². The lowest BCUT2D eigenvalue weighted by Gasteiger charge is -2.11. The fourth-order valence-corrected chi connectivity index (χ4v) is 0.604. The van der Waals surface area contributed by atoms with Crippen LogP contribution in [-0.2, 0) is 9.59 Å². The highest BCUT2D eigenvalue weighted by Gasteiger charge is 1.94. The van der Waals surface area contributed by atoms with Crippen molar-refractivity contribution in [2.24, 2.45) is 0 Å². The Bertz CT molecular complexity index is 130. The van der Waals surface area contributed by atoms with E-state index in [0.29, 0.717) is 0 Å². The number of carbonyl (C=O) groups excluding carboxylic acids is 2. The van der Waals surface area contributed by atoms with Gasteiger partial charge in [-0.05, 0) is 0 Å². The molecule has 0 aromatic carbocycles. The Morgan fingerprint density at radius 3 is 1.17 bits per heavy atom. The van der Waals surface area contributed by atoms with Crippen molar-refractivity contribution in [2.45, 2.75) is 13.8 Å². The van der Waals surface area contributed by atoms with E-state index in [4.69, 9.17) is 0 Å². The predicted octanol–water partition coefficient (Wildman–Crippen LogP) is -0.656. The molecule has 0 spiro atoms.